The first-order valence-corrected chi connectivity index (χ1v) is 10.6. The highest BCUT2D eigenvalue weighted by Crippen LogP contribution is 2.41. The fourth-order valence-corrected chi connectivity index (χ4v) is 4.83. The van der Waals surface area contributed by atoms with Gasteiger partial charge in [0.1, 0.15) is 5.75 Å². The molecule has 0 saturated heterocycles. The van der Waals surface area contributed by atoms with Crippen molar-refractivity contribution >= 4 is 31.5 Å². The van der Waals surface area contributed by atoms with E-state index >= 15 is 0 Å². The standard InChI is InChI=1S/C23H30OS/c1-5-7-9-10-18-11-12-19-20-13-14-21(24-15-8-6-2)17(4)23(20)25-22(19)16(18)3/h11-14H,5-10,15H2,1-4H3. The predicted octanol–water partition coefficient (Wildman–Crippen LogP) is 7.58. The van der Waals surface area contributed by atoms with Crippen molar-refractivity contribution < 1.29 is 4.74 Å². The van der Waals surface area contributed by atoms with Gasteiger partial charge in [-0.15, -0.1) is 11.3 Å². The Bertz CT molecular complexity index is 789. The van der Waals surface area contributed by atoms with E-state index in [0.717, 1.165) is 18.8 Å². The summed E-state index contributed by atoms with van der Waals surface area (Å²) in [6, 6.07) is 9.09. The highest BCUT2D eigenvalue weighted by Gasteiger charge is 2.13. The second-order valence-corrected chi connectivity index (χ2v) is 8.07. The van der Waals surface area contributed by atoms with Crippen LogP contribution >= 0.6 is 11.3 Å². The van der Waals surface area contributed by atoms with E-state index in [1.807, 2.05) is 11.3 Å². The van der Waals surface area contributed by atoms with Crippen molar-refractivity contribution in [1.82, 2.24) is 0 Å². The van der Waals surface area contributed by atoms with E-state index < -0.39 is 0 Å². The lowest BCUT2D eigenvalue weighted by atomic mass is 9.99. The quantitative estimate of drug-likeness (QED) is 0.379. The Morgan fingerprint density at radius 2 is 1.48 bits per heavy atom. The van der Waals surface area contributed by atoms with Gasteiger partial charge < -0.3 is 4.74 Å². The topological polar surface area (TPSA) is 9.23 Å². The molecule has 0 aliphatic rings. The van der Waals surface area contributed by atoms with Crippen LogP contribution in [0.2, 0.25) is 0 Å². The molecule has 0 aliphatic heterocycles. The first kappa shape index (κ1) is 18.3. The van der Waals surface area contributed by atoms with E-state index in [1.165, 1.54) is 69.0 Å². The zero-order valence-electron chi connectivity index (χ0n) is 16.1. The SMILES string of the molecule is CCCCCc1ccc2c(sc3c(C)c(OCCCC)ccc32)c1C. The molecule has 1 aromatic heterocycles. The molecule has 25 heavy (non-hydrogen) atoms. The Labute approximate surface area is 156 Å². The van der Waals surface area contributed by atoms with Gasteiger partial charge in [0.2, 0.25) is 0 Å². The molecule has 0 fully saturated rings. The Balaban J connectivity index is 1.99. The van der Waals surface area contributed by atoms with Crippen LogP contribution in [0.5, 0.6) is 5.75 Å². The molecule has 2 heteroatoms. The van der Waals surface area contributed by atoms with E-state index in [2.05, 4.69) is 52.0 Å². The van der Waals surface area contributed by atoms with E-state index in [4.69, 9.17) is 4.74 Å². The number of hydrogen-bond acceptors (Lipinski definition) is 2. The summed E-state index contributed by atoms with van der Waals surface area (Å²) in [7, 11) is 0. The summed E-state index contributed by atoms with van der Waals surface area (Å²) in [5.41, 5.74) is 4.29. The largest absolute Gasteiger partial charge is 0.493 e. The average Bonchev–Trinajstić information content (AvgIpc) is 3.00. The van der Waals surface area contributed by atoms with Crippen LogP contribution in [0, 0.1) is 13.8 Å². The van der Waals surface area contributed by atoms with E-state index in [-0.39, 0.29) is 0 Å². The second kappa shape index (κ2) is 8.23. The predicted molar refractivity (Wildman–Crippen MR) is 112 cm³/mol. The molecule has 0 bridgehead atoms. The lowest BCUT2D eigenvalue weighted by molar-refractivity contribution is 0.308. The lowest BCUT2D eigenvalue weighted by Gasteiger charge is -2.09. The molecule has 0 saturated carbocycles. The van der Waals surface area contributed by atoms with Crippen molar-refractivity contribution in [2.24, 2.45) is 0 Å². The number of ether oxygens (including phenoxy) is 1. The van der Waals surface area contributed by atoms with Crippen LogP contribution in [0.1, 0.15) is 62.6 Å². The van der Waals surface area contributed by atoms with Crippen LogP contribution in [0.3, 0.4) is 0 Å². The van der Waals surface area contributed by atoms with Crippen molar-refractivity contribution in [2.75, 3.05) is 6.61 Å². The molecule has 1 nitrogen and oxygen atoms in total. The fraction of sp³-hybridized carbons (Fsp3) is 0.478. The highest BCUT2D eigenvalue weighted by molar-refractivity contribution is 7.26. The minimum Gasteiger partial charge on any atom is -0.493 e. The summed E-state index contributed by atoms with van der Waals surface area (Å²) < 4.78 is 8.85. The third-order valence-electron chi connectivity index (χ3n) is 5.17. The minimum atomic E-state index is 0.814. The molecule has 0 aliphatic carbocycles. The maximum Gasteiger partial charge on any atom is 0.123 e. The lowest BCUT2D eigenvalue weighted by Crippen LogP contribution is -1.97. The van der Waals surface area contributed by atoms with E-state index in [9.17, 15) is 0 Å². The summed E-state index contributed by atoms with van der Waals surface area (Å²) in [5.74, 6) is 1.05. The molecule has 0 radical (unpaired) electrons. The van der Waals surface area contributed by atoms with Gasteiger partial charge >= 0.3 is 0 Å². The van der Waals surface area contributed by atoms with Crippen LogP contribution < -0.4 is 4.74 Å². The molecule has 2 aromatic carbocycles. The third-order valence-corrected chi connectivity index (χ3v) is 6.63. The third kappa shape index (κ3) is 3.69. The van der Waals surface area contributed by atoms with Crippen molar-refractivity contribution in [3.05, 3.63) is 41.0 Å². The molecule has 0 spiro atoms. The normalized spacial score (nSPS) is 11.5. The van der Waals surface area contributed by atoms with Crippen LogP contribution in [0.15, 0.2) is 24.3 Å². The molecular formula is C23H30OS. The summed E-state index contributed by atoms with van der Waals surface area (Å²) >= 11 is 1.94. The number of aryl methyl sites for hydroxylation is 3. The zero-order chi connectivity index (χ0) is 17.8. The van der Waals surface area contributed by atoms with Crippen molar-refractivity contribution in [3.63, 3.8) is 0 Å². The van der Waals surface area contributed by atoms with Gasteiger partial charge in [0.05, 0.1) is 6.61 Å². The molecule has 0 unspecified atom stereocenters. The Kier molecular flexibility index (Phi) is 6.01. The number of fused-ring (bicyclic) bond motifs is 3. The Hall–Kier alpha value is -1.54. The highest BCUT2D eigenvalue weighted by atomic mass is 32.1. The second-order valence-electron chi connectivity index (χ2n) is 7.05. The molecule has 1 heterocycles. The van der Waals surface area contributed by atoms with E-state index in [1.54, 1.807) is 0 Å². The van der Waals surface area contributed by atoms with Gasteiger partial charge in [-0.1, -0.05) is 45.2 Å². The molecule has 3 aromatic rings. The number of hydrogen-bond donors (Lipinski definition) is 0. The first-order chi connectivity index (χ1) is 12.2. The molecule has 3 rings (SSSR count). The number of unbranched alkanes of at least 4 members (excludes halogenated alkanes) is 3. The van der Waals surface area contributed by atoms with Gasteiger partial charge in [-0.3, -0.25) is 0 Å². The molecule has 134 valence electrons. The van der Waals surface area contributed by atoms with Crippen LogP contribution in [0.4, 0.5) is 0 Å². The molecular weight excluding hydrogens is 324 g/mol. The zero-order valence-corrected chi connectivity index (χ0v) is 16.9. The minimum absolute atomic E-state index is 0.814. The maximum atomic E-state index is 6.01. The van der Waals surface area contributed by atoms with Gasteiger partial charge in [0.25, 0.3) is 0 Å². The number of benzene rings is 2. The summed E-state index contributed by atoms with van der Waals surface area (Å²) in [4.78, 5) is 0. The van der Waals surface area contributed by atoms with Gasteiger partial charge in [0, 0.05) is 25.7 Å². The molecule has 0 N–H and O–H groups in total. The summed E-state index contributed by atoms with van der Waals surface area (Å²) in [6.07, 6.45) is 7.39. The average molecular weight is 355 g/mol. The van der Waals surface area contributed by atoms with Crippen molar-refractivity contribution in [3.8, 4) is 5.75 Å². The first-order valence-electron chi connectivity index (χ1n) is 9.74. The Morgan fingerprint density at radius 1 is 0.800 bits per heavy atom. The summed E-state index contributed by atoms with van der Waals surface area (Å²) in [5, 5.41) is 2.78. The maximum absolute atomic E-state index is 6.01. The Morgan fingerprint density at radius 3 is 2.20 bits per heavy atom. The van der Waals surface area contributed by atoms with Crippen molar-refractivity contribution in [1.29, 1.82) is 0 Å². The molecule has 0 atom stereocenters. The van der Waals surface area contributed by atoms with E-state index in [0.29, 0.717) is 0 Å². The smallest absolute Gasteiger partial charge is 0.123 e. The summed E-state index contributed by atoms with van der Waals surface area (Å²) in [6.45, 7) is 9.79. The van der Waals surface area contributed by atoms with Gasteiger partial charge in [0.15, 0.2) is 0 Å². The number of thiophene rings is 1. The molecule has 0 amide bonds. The van der Waals surface area contributed by atoms with Crippen LogP contribution in [0.25, 0.3) is 20.2 Å². The van der Waals surface area contributed by atoms with Gasteiger partial charge in [-0.05, 0) is 56.4 Å². The number of rotatable bonds is 8. The fourth-order valence-electron chi connectivity index (χ4n) is 3.51. The van der Waals surface area contributed by atoms with Crippen LogP contribution in [-0.2, 0) is 6.42 Å². The van der Waals surface area contributed by atoms with Gasteiger partial charge in [-0.2, -0.15) is 0 Å². The monoisotopic (exact) mass is 354 g/mol. The van der Waals surface area contributed by atoms with Crippen molar-refractivity contribution in [2.45, 2.75) is 66.2 Å². The van der Waals surface area contributed by atoms with Crippen LogP contribution in [-0.4, -0.2) is 6.61 Å². The van der Waals surface area contributed by atoms with Gasteiger partial charge in [-0.25, -0.2) is 0 Å².